The third-order valence-electron chi connectivity index (χ3n) is 7.40. The van der Waals surface area contributed by atoms with Crippen LogP contribution in [0.1, 0.15) is 98.3 Å². The number of rotatable bonds is 33. The second kappa shape index (κ2) is 48.5. The monoisotopic (exact) mass is 938 g/mol. The molecule has 0 spiro atoms. The maximum atomic E-state index is 5.80. The average Bonchev–Trinajstić information content (AvgIpc) is 3.19. The predicted molar refractivity (Wildman–Crippen MR) is 280 cm³/mol. The first kappa shape index (κ1) is 58.9. The molecule has 0 saturated carbocycles. The second-order valence-corrected chi connectivity index (χ2v) is 20.8. The van der Waals surface area contributed by atoms with E-state index in [1.807, 2.05) is 48.6 Å². The molecule has 0 aromatic rings. The number of allylic oxidation sites excluding steroid dienone is 14. The van der Waals surface area contributed by atoms with Gasteiger partial charge in [-0.25, -0.2) is 0 Å². The topological polar surface area (TPSA) is 46.2 Å². The Bertz CT molecular complexity index is 1200. The van der Waals surface area contributed by atoms with E-state index in [1.165, 1.54) is 19.3 Å². The van der Waals surface area contributed by atoms with Crippen LogP contribution in [-0.4, -0.2) is 30.5 Å². The summed E-state index contributed by atoms with van der Waals surface area (Å²) in [5.74, 6) is 0. The maximum Gasteiger partial charge on any atom is 0.0836 e. The number of unbranched alkanes of at least 4 members (excludes halogenated alkanes) is 2. The zero-order valence-corrected chi connectivity index (χ0v) is 44.1. The second-order valence-electron chi connectivity index (χ2n) is 12.1. The van der Waals surface area contributed by atoms with E-state index in [1.54, 1.807) is 0 Å². The summed E-state index contributed by atoms with van der Waals surface area (Å²) in [4.78, 5) is 0. The minimum atomic E-state index is -0.497. The Hall–Kier alpha value is 0.810. The smallest absolute Gasteiger partial charge is 0.0836 e. The van der Waals surface area contributed by atoms with Crippen LogP contribution in [0, 0.1) is 0 Å². The summed E-state index contributed by atoms with van der Waals surface area (Å²) in [5.41, 5.74) is 0. The van der Waals surface area contributed by atoms with Crippen molar-refractivity contribution in [3.05, 3.63) is 134 Å². The van der Waals surface area contributed by atoms with Gasteiger partial charge in [0, 0.05) is 35.9 Å². The lowest BCUT2D eigenvalue weighted by atomic mass is 10.1. The standard InChI is InChI=1S/C22H37O2P3.C20H38O3P6/c1-3-5-7-8-9-10-14-17-21(23-25)18-15-11-12-16-20-22(24-27-26)19-13-6-4-2;1-3-5-13-19(21-24)15-9-6-7-10-16-20(22-28-25)17-12-8-11-14-18(4-2)23-29(26)27/h6-8,10-16,18,20-22,27H,3-5,9,17,19,25-26H2,1-2H3;6-12,14-16,18-20,28H,3-5,13,17,24-27H2,1-2H3. The Kier molecular flexibility index (Phi) is 51.0. The largest absolute Gasteiger partial charge is 0.358 e. The van der Waals surface area contributed by atoms with Crippen molar-refractivity contribution < 1.29 is 22.6 Å². The van der Waals surface area contributed by atoms with Crippen molar-refractivity contribution in [1.29, 1.82) is 0 Å². The van der Waals surface area contributed by atoms with Crippen LogP contribution >= 0.6 is 79.2 Å². The number of hydrogen-bond donors (Lipinski definition) is 0. The fourth-order valence-electron chi connectivity index (χ4n) is 4.37. The van der Waals surface area contributed by atoms with E-state index in [0.29, 0.717) is 17.0 Å². The van der Waals surface area contributed by atoms with E-state index in [4.69, 9.17) is 22.6 Å². The van der Waals surface area contributed by atoms with E-state index >= 15 is 0 Å². The van der Waals surface area contributed by atoms with Crippen LogP contribution in [-0.2, 0) is 22.6 Å². The molecule has 0 amide bonds. The lowest BCUT2D eigenvalue weighted by molar-refractivity contribution is 0.276. The van der Waals surface area contributed by atoms with Gasteiger partial charge in [-0.05, 0) is 51.4 Å². The molecule has 0 aromatic carbocycles. The third-order valence-corrected chi connectivity index (χ3v) is 11.0. The van der Waals surface area contributed by atoms with Crippen molar-refractivity contribution in [2.75, 3.05) is 0 Å². The molecule has 0 aliphatic rings. The molecule has 0 aliphatic carbocycles. The first-order valence-corrected chi connectivity index (χ1v) is 30.4. The molecule has 0 radical (unpaired) electrons. The summed E-state index contributed by atoms with van der Waals surface area (Å²) in [6.07, 6.45) is 58.1. The normalized spacial score (nSPS) is 16.4. The highest BCUT2D eigenvalue weighted by Crippen LogP contribution is 2.54. The molecule has 0 fully saturated rings. The summed E-state index contributed by atoms with van der Waals surface area (Å²) in [6.45, 7) is 8.65. The van der Waals surface area contributed by atoms with E-state index < -0.39 is 7.53 Å². The van der Waals surface area contributed by atoms with Gasteiger partial charge in [0.05, 0.1) is 38.0 Å². The zero-order chi connectivity index (χ0) is 41.7. The molecule has 13 unspecified atom stereocenters. The molecule has 0 aromatic heterocycles. The van der Waals surface area contributed by atoms with Gasteiger partial charge >= 0.3 is 0 Å². The molecular formula is C42H75O5P9. The van der Waals surface area contributed by atoms with Gasteiger partial charge < -0.3 is 22.6 Å². The van der Waals surface area contributed by atoms with Gasteiger partial charge in [0.15, 0.2) is 0 Å². The fourth-order valence-corrected chi connectivity index (χ4v) is 8.02. The average molecular weight is 939 g/mol. The lowest BCUT2D eigenvalue weighted by Crippen LogP contribution is -2.02. The van der Waals surface area contributed by atoms with Gasteiger partial charge in [-0.15, -0.1) is 0 Å². The van der Waals surface area contributed by atoms with Gasteiger partial charge in [0.1, 0.15) is 0 Å². The van der Waals surface area contributed by atoms with Crippen molar-refractivity contribution in [3.8, 4) is 0 Å². The van der Waals surface area contributed by atoms with Crippen LogP contribution in [0.5, 0.6) is 0 Å². The van der Waals surface area contributed by atoms with Crippen LogP contribution in [0.3, 0.4) is 0 Å². The maximum absolute atomic E-state index is 5.80. The Labute approximate surface area is 362 Å². The minimum Gasteiger partial charge on any atom is -0.358 e. The van der Waals surface area contributed by atoms with Crippen molar-refractivity contribution in [1.82, 2.24) is 0 Å². The van der Waals surface area contributed by atoms with Crippen molar-refractivity contribution in [3.63, 3.8) is 0 Å². The van der Waals surface area contributed by atoms with Crippen LogP contribution in [0.2, 0.25) is 0 Å². The molecule has 56 heavy (non-hydrogen) atoms. The number of hydrogen-bond acceptors (Lipinski definition) is 5. The summed E-state index contributed by atoms with van der Waals surface area (Å²) < 4.78 is 28.1. The van der Waals surface area contributed by atoms with Gasteiger partial charge in [-0.3, -0.25) is 0 Å². The van der Waals surface area contributed by atoms with Crippen LogP contribution in [0.25, 0.3) is 0 Å². The van der Waals surface area contributed by atoms with Crippen molar-refractivity contribution >= 4 is 79.2 Å². The van der Waals surface area contributed by atoms with Gasteiger partial charge in [-0.1, -0.05) is 216 Å². The van der Waals surface area contributed by atoms with Gasteiger partial charge in [-0.2, -0.15) is 0 Å². The molecule has 0 N–H and O–H groups in total. The van der Waals surface area contributed by atoms with Gasteiger partial charge in [0.25, 0.3) is 0 Å². The molecule has 318 valence electrons. The molecule has 0 bridgehead atoms. The van der Waals surface area contributed by atoms with Gasteiger partial charge in [0.2, 0.25) is 0 Å². The highest BCUT2D eigenvalue weighted by atomic mass is 32.4. The first-order valence-electron chi connectivity index (χ1n) is 19.6. The molecule has 0 heterocycles. The zero-order valence-electron chi connectivity index (χ0n) is 34.3. The third kappa shape index (κ3) is 42.9. The molecule has 14 heteroatoms. The van der Waals surface area contributed by atoms with Crippen LogP contribution in [0.15, 0.2) is 134 Å². The van der Waals surface area contributed by atoms with E-state index in [2.05, 4.69) is 167 Å². The molecule has 5 nitrogen and oxygen atoms in total. The first-order chi connectivity index (χ1) is 27.3. The predicted octanol–water partition coefficient (Wildman–Crippen LogP) is 15.7. The van der Waals surface area contributed by atoms with Crippen LogP contribution in [0.4, 0.5) is 0 Å². The van der Waals surface area contributed by atoms with Crippen molar-refractivity contribution in [2.24, 2.45) is 0 Å². The lowest BCUT2D eigenvalue weighted by Gasteiger charge is -2.13. The minimum absolute atomic E-state index is 0.0712. The summed E-state index contributed by atoms with van der Waals surface area (Å²) in [6, 6.07) is 0. The summed E-state index contributed by atoms with van der Waals surface area (Å²) >= 11 is 0. The summed E-state index contributed by atoms with van der Waals surface area (Å²) in [5, 5.41) is 0. The SMILES string of the molecule is CCC=CCC(C=CC=CC=CC(CC=CCC=CCCC)OP)OPP.CCCCC(C=CC=CC=CC(CC=CC=CC(CC)OP(P)P)OPP)OP. The molecule has 0 aliphatic heterocycles. The van der Waals surface area contributed by atoms with E-state index in [9.17, 15) is 0 Å². The van der Waals surface area contributed by atoms with E-state index in [-0.39, 0.29) is 30.5 Å². The van der Waals surface area contributed by atoms with E-state index in [0.717, 1.165) is 51.4 Å². The Balaban J connectivity index is 0. The fraction of sp³-hybridized carbons (Fsp3) is 0.476. The van der Waals surface area contributed by atoms with Crippen LogP contribution < -0.4 is 0 Å². The highest BCUT2D eigenvalue weighted by molar-refractivity contribution is 8.41. The summed E-state index contributed by atoms with van der Waals surface area (Å²) in [7, 11) is 15.7. The quantitative estimate of drug-likeness (QED) is 0.0373. The highest BCUT2D eigenvalue weighted by Gasteiger charge is 2.05. The Morgan fingerprint density at radius 1 is 0.518 bits per heavy atom. The molecule has 0 rings (SSSR count). The molecule has 13 atom stereocenters. The Morgan fingerprint density at radius 3 is 1.50 bits per heavy atom. The Morgan fingerprint density at radius 2 is 1.00 bits per heavy atom. The molecular weight excluding hydrogens is 863 g/mol. The molecule has 0 saturated heterocycles. The van der Waals surface area contributed by atoms with Crippen molar-refractivity contribution in [2.45, 2.75) is 129 Å².